The second-order valence-corrected chi connectivity index (χ2v) is 9.51. The molecule has 3 heterocycles. The number of rotatable bonds is 5. The highest BCUT2D eigenvalue weighted by molar-refractivity contribution is 7.15. The predicted octanol–water partition coefficient (Wildman–Crippen LogP) is 5.30. The molecule has 0 amide bonds. The first-order chi connectivity index (χ1) is 16.4. The molecule has 0 spiro atoms. The van der Waals surface area contributed by atoms with Gasteiger partial charge in [-0.15, -0.1) is 21.5 Å². The van der Waals surface area contributed by atoms with E-state index in [0.717, 1.165) is 50.1 Å². The molecule has 34 heavy (non-hydrogen) atoms. The number of carbonyl (C=O) groups is 1. The van der Waals surface area contributed by atoms with E-state index in [9.17, 15) is 9.90 Å². The Morgan fingerprint density at radius 2 is 1.79 bits per heavy atom. The lowest BCUT2D eigenvalue weighted by Crippen LogP contribution is -2.10. The van der Waals surface area contributed by atoms with Crippen molar-refractivity contribution in [3.63, 3.8) is 0 Å². The van der Waals surface area contributed by atoms with Gasteiger partial charge in [-0.25, -0.2) is 0 Å². The molecule has 1 N–H and O–H groups in total. The van der Waals surface area contributed by atoms with Crippen molar-refractivity contribution in [3.8, 4) is 21.9 Å². The highest BCUT2D eigenvalue weighted by Gasteiger charge is 2.32. The molecule has 2 aromatic carbocycles. The Hall–Kier alpha value is -3.78. The van der Waals surface area contributed by atoms with Crippen molar-refractivity contribution in [1.82, 2.24) is 14.8 Å². The molecular weight excluding hydrogens is 448 g/mol. The number of aliphatic carboxylic acids is 1. The van der Waals surface area contributed by atoms with Crippen LogP contribution in [0.5, 0.6) is 5.75 Å². The average molecular weight is 473 g/mol. The molecule has 8 heteroatoms. The lowest BCUT2D eigenvalue weighted by molar-refractivity contribution is -0.137. The normalized spacial score (nSPS) is 14.7. The number of benzene rings is 2. The Morgan fingerprint density at radius 3 is 2.50 bits per heavy atom. The van der Waals surface area contributed by atoms with Gasteiger partial charge in [-0.3, -0.25) is 14.4 Å². The van der Waals surface area contributed by atoms with E-state index in [1.54, 1.807) is 18.4 Å². The summed E-state index contributed by atoms with van der Waals surface area (Å²) in [5.74, 6) is 1.16. The summed E-state index contributed by atoms with van der Waals surface area (Å²) in [7, 11) is 1.66. The lowest BCUT2D eigenvalue weighted by Gasteiger charge is -2.12. The molecule has 5 rings (SSSR count). The van der Waals surface area contributed by atoms with E-state index >= 15 is 0 Å². The standard InChI is InChI=1S/C26H24N4O3S/c1-14-15(2)34-26-23(14)24(27-21(13-22(31)32)25-29-28-16(3)30(25)26)18-10-8-17(9-11-18)19-6-5-7-20(12-19)33-4/h5-12,21H,13H2,1-4H3,(H,31,32)/t21-/m0/s1. The zero-order valence-electron chi connectivity index (χ0n) is 19.4. The van der Waals surface area contributed by atoms with Gasteiger partial charge in [-0.05, 0) is 49.6 Å². The summed E-state index contributed by atoms with van der Waals surface area (Å²) in [5.41, 5.74) is 5.97. The average Bonchev–Trinajstić information content (AvgIpc) is 3.31. The number of aliphatic imine (C=N–C) groups is 1. The minimum Gasteiger partial charge on any atom is -0.497 e. The molecule has 172 valence electrons. The Bertz CT molecular complexity index is 1430. The van der Waals surface area contributed by atoms with Gasteiger partial charge in [0.1, 0.15) is 22.6 Å². The Balaban J connectivity index is 1.66. The fraction of sp³-hybridized carbons (Fsp3) is 0.231. The summed E-state index contributed by atoms with van der Waals surface area (Å²) in [4.78, 5) is 17.9. The van der Waals surface area contributed by atoms with Crippen LogP contribution < -0.4 is 4.74 Å². The second-order valence-electron chi connectivity index (χ2n) is 8.30. The third kappa shape index (κ3) is 3.70. The summed E-state index contributed by atoms with van der Waals surface area (Å²) in [5, 5.41) is 19.1. The van der Waals surface area contributed by atoms with Gasteiger partial charge >= 0.3 is 5.97 Å². The number of carboxylic acids is 1. The Labute approximate surface area is 201 Å². The van der Waals surface area contributed by atoms with Gasteiger partial charge < -0.3 is 9.84 Å². The largest absolute Gasteiger partial charge is 0.497 e. The molecule has 0 fully saturated rings. The van der Waals surface area contributed by atoms with Gasteiger partial charge in [0.25, 0.3) is 0 Å². The van der Waals surface area contributed by atoms with Crippen molar-refractivity contribution in [3.05, 3.63) is 81.7 Å². The molecule has 0 aliphatic carbocycles. The van der Waals surface area contributed by atoms with E-state index in [2.05, 4.69) is 36.2 Å². The number of thiophene rings is 1. The minimum atomic E-state index is -0.924. The van der Waals surface area contributed by atoms with Crippen LogP contribution in [-0.2, 0) is 4.79 Å². The molecule has 1 aliphatic heterocycles. The molecule has 2 aromatic heterocycles. The number of aryl methyl sites for hydroxylation is 2. The van der Waals surface area contributed by atoms with Crippen LogP contribution in [0, 0.1) is 20.8 Å². The smallest absolute Gasteiger partial charge is 0.306 e. The van der Waals surface area contributed by atoms with E-state index in [1.165, 1.54) is 4.88 Å². The van der Waals surface area contributed by atoms with Crippen LogP contribution >= 0.6 is 11.3 Å². The summed E-state index contributed by atoms with van der Waals surface area (Å²) in [6.45, 7) is 6.06. The van der Waals surface area contributed by atoms with Gasteiger partial charge in [0.2, 0.25) is 0 Å². The summed E-state index contributed by atoms with van der Waals surface area (Å²) >= 11 is 1.66. The molecular formula is C26H24N4O3S. The Morgan fingerprint density at radius 1 is 1.06 bits per heavy atom. The van der Waals surface area contributed by atoms with Gasteiger partial charge in [0.15, 0.2) is 5.82 Å². The van der Waals surface area contributed by atoms with Crippen molar-refractivity contribution in [2.24, 2.45) is 4.99 Å². The molecule has 0 unspecified atom stereocenters. The van der Waals surface area contributed by atoms with E-state index in [1.807, 2.05) is 47.9 Å². The van der Waals surface area contributed by atoms with E-state index in [0.29, 0.717) is 5.82 Å². The quantitative estimate of drug-likeness (QED) is 0.426. The zero-order chi connectivity index (χ0) is 24.0. The van der Waals surface area contributed by atoms with Gasteiger partial charge in [-0.1, -0.05) is 36.4 Å². The first-order valence-corrected chi connectivity index (χ1v) is 11.8. The number of aromatic nitrogens is 3. The highest BCUT2D eigenvalue weighted by Crippen LogP contribution is 2.39. The minimum absolute atomic E-state index is 0.156. The number of carboxylic acid groups (broad SMARTS) is 1. The number of fused-ring (bicyclic) bond motifs is 3. The van der Waals surface area contributed by atoms with Crippen LogP contribution in [-0.4, -0.2) is 38.7 Å². The van der Waals surface area contributed by atoms with E-state index in [-0.39, 0.29) is 6.42 Å². The fourth-order valence-corrected chi connectivity index (χ4v) is 5.53. The molecule has 1 aliphatic rings. The first kappa shape index (κ1) is 22.0. The lowest BCUT2D eigenvalue weighted by atomic mass is 9.97. The molecule has 0 radical (unpaired) electrons. The third-order valence-electron chi connectivity index (χ3n) is 6.17. The number of hydrogen-bond acceptors (Lipinski definition) is 6. The number of ether oxygens (including phenoxy) is 1. The van der Waals surface area contributed by atoms with Gasteiger partial charge in [0.05, 0.1) is 19.2 Å². The topological polar surface area (TPSA) is 89.6 Å². The molecule has 0 bridgehead atoms. The molecule has 4 aromatic rings. The van der Waals surface area contributed by atoms with Crippen LogP contribution in [0.2, 0.25) is 0 Å². The molecule has 7 nitrogen and oxygen atoms in total. The predicted molar refractivity (Wildman–Crippen MR) is 133 cm³/mol. The van der Waals surface area contributed by atoms with Crippen LogP contribution in [0.4, 0.5) is 0 Å². The third-order valence-corrected chi connectivity index (χ3v) is 7.36. The maximum Gasteiger partial charge on any atom is 0.306 e. The molecule has 1 atom stereocenters. The maximum atomic E-state index is 11.7. The number of nitrogens with zero attached hydrogens (tertiary/aromatic N) is 4. The highest BCUT2D eigenvalue weighted by atomic mass is 32.1. The molecule has 0 saturated carbocycles. The maximum absolute atomic E-state index is 11.7. The van der Waals surface area contributed by atoms with Crippen LogP contribution in [0.3, 0.4) is 0 Å². The van der Waals surface area contributed by atoms with Crippen molar-refractivity contribution in [2.45, 2.75) is 33.2 Å². The van der Waals surface area contributed by atoms with Crippen molar-refractivity contribution in [1.29, 1.82) is 0 Å². The van der Waals surface area contributed by atoms with Crippen molar-refractivity contribution in [2.75, 3.05) is 7.11 Å². The summed E-state index contributed by atoms with van der Waals surface area (Å²) in [6, 6.07) is 15.5. The number of methoxy groups -OCH3 is 1. The van der Waals surface area contributed by atoms with E-state index < -0.39 is 12.0 Å². The van der Waals surface area contributed by atoms with Crippen molar-refractivity contribution < 1.29 is 14.6 Å². The summed E-state index contributed by atoms with van der Waals surface area (Å²) in [6.07, 6.45) is -0.156. The Kier molecular flexibility index (Phi) is 5.53. The SMILES string of the molecule is COc1cccc(-c2ccc(C3=N[C@@H](CC(=O)O)c4nnc(C)n4-c4sc(C)c(C)c43)cc2)c1. The van der Waals surface area contributed by atoms with Crippen LogP contribution in [0.15, 0.2) is 53.5 Å². The number of hydrogen-bond donors (Lipinski definition) is 1. The van der Waals surface area contributed by atoms with Gasteiger partial charge in [0, 0.05) is 16.0 Å². The summed E-state index contributed by atoms with van der Waals surface area (Å²) < 4.78 is 7.33. The van der Waals surface area contributed by atoms with Crippen LogP contribution in [0.1, 0.15) is 45.7 Å². The first-order valence-electron chi connectivity index (χ1n) is 10.9. The zero-order valence-corrected chi connectivity index (χ0v) is 20.2. The van der Waals surface area contributed by atoms with E-state index in [4.69, 9.17) is 9.73 Å². The van der Waals surface area contributed by atoms with Gasteiger partial charge in [-0.2, -0.15) is 0 Å². The monoisotopic (exact) mass is 472 g/mol. The second kappa shape index (κ2) is 8.53. The fourth-order valence-electron chi connectivity index (χ4n) is 4.31. The molecule has 0 saturated heterocycles. The van der Waals surface area contributed by atoms with Crippen LogP contribution in [0.25, 0.3) is 16.1 Å². The van der Waals surface area contributed by atoms with Crippen molar-refractivity contribution >= 4 is 23.0 Å².